The SMILES string of the molecule is CC(C)N(C(=O)[C@H](C)OC(=O)c1ccccc1NS(=O)(=O)c1ccc(F)cc1)C(C)C. The van der Waals surface area contributed by atoms with E-state index in [1.54, 1.807) is 17.0 Å². The van der Waals surface area contributed by atoms with Gasteiger partial charge in [-0.3, -0.25) is 9.52 Å². The Morgan fingerprint density at radius 3 is 2.03 bits per heavy atom. The number of esters is 1. The molecule has 1 atom stereocenters. The maximum Gasteiger partial charge on any atom is 0.341 e. The fourth-order valence-corrected chi connectivity index (χ4v) is 4.24. The van der Waals surface area contributed by atoms with Crippen molar-refractivity contribution in [2.75, 3.05) is 4.72 Å². The lowest BCUT2D eigenvalue weighted by Gasteiger charge is -2.32. The number of nitrogens with one attached hydrogen (secondary N) is 1. The largest absolute Gasteiger partial charge is 0.449 e. The standard InChI is InChI=1S/C22H27FN2O5S/c1-14(2)25(15(3)4)21(26)16(5)30-22(27)19-8-6-7-9-20(19)24-31(28,29)18-12-10-17(23)11-13-18/h6-16,24H,1-5H3/t16-/m0/s1. The van der Waals surface area contributed by atoms with Gasteiger partial charge in [0.1, 0.15) is 5.82 Å². The van der Waals surface area contributed by atoms with E-state index in [2.05, 4.69) is 4.72 Å². The summed E-state index contributed by atoms with van der Waals surface area (Å²) < 4.78 is 46.0. The predicted octanol–water partition coefficient (Wildman–Crippen LogP) is 3.82. The van der Waals surface area contributed by atoms with Crippen LogP contribution in [0.5, 0.6) is 0 Å². The van der Waals surface area contributed by atoms with E-state index in [1.165, 1.54) is 19.1 Å². The lowest BCUT2D eigenvalue weighted by atomic mass is 10.1. The second-order valence-corrected chi connectivity index (χ2v) is 9.27. The van der Waals surface area contributed by atoms with Crippen molar-refractivity contribution in [2.45, 2.75) is 57.7 Å². The monoisotopic (exact) mass is 450 g/mol. The fraction of sp³-hybridized carbons (Fsp3) is 0.364. The van der Waals surface area contributed by atoms with Crippen LogP contribution in [0.1, 0.15) is 45.0 Å². The van der Waals surface area contributed by atoms with Crippen molar-refractivity contribution < 1.29 is 27.1 Å². The summed E-state index contributed by atoms with van der Waals surface area (Å²) >= 11 is 0. The summed E-state index contributed by atoms with van der Waals surface area (Å²) in [6.07, 6.45) is -1.06. The Labute approximate surface area is 182 Å². The van der Waals surface area contributed by atoms with E-state index >= 15 is 0 Å². The van der Waals surface area contributed by atoms with Crippen LogP contribution < -0.4 is 4.72 Å². The van der Waals surface area contributed by atoms with Crippen molar-refractivity contribution in [3.63, 3.8) is 0 Å². The molecule has 0 fully saturated rings. The number of para-hydroxylation sites is 1. The van der Waals surface area contributed by atoms with Gasteiger partial charge in [-0.2, -0.15) is 0 Å². The Hall–Kier alpha value is -2.94. The van der Waals surface area contributed by atoms with E-state index in [0.717, 1.165) is 24.3 Å². The minimum absolute atomic E-state index is 0.0129. The number of halogens is 1. The molecule has 9 heteroatoms. The molecule has 0 spiro atoms. The second-order valence-electron chi connectivity index (χ2n) is 7.59. The zero-order valence-corrected chi connectivity index (χ0v) is 18.9. The van der Waals surface area contributed by atoms with Crippen molar-refractivity contribution in [1.82, 2.24) is 4.90 Å². The van der Waals surface area contributed by atoms with Gasteiger partial charge in [-0.15, -0.1) is 0 Å². The van der Waals surface area contributed by atoms with Gasteiger partial charge in [0.2, 0.25) is 0 Å². The first kappa shape index (κ1) is 24.3. The lowest BCUT2D eigenvalue weighted by Crippen LogP contribution is -2.47. The van der Waals surface area contributed by atoms with E-state index in [4.69, 9.17) is 4.74 Å². The van der Waals surface area contributed by atoms with Gasteiger partial charge < -0.3 is 9.64 Å². The number of hydrogen-bond acceptors (Lipinski definition) is 5. The normalized spacial score (nSPS) is 12.5. The van der Waals surface area contributed by atoms with Gasteiger partial charge in [-0.25, -0.2) is 17.6 Å². The number of anilines is 1. The van der Waals surface area contributed by atoms with Crippen LogP contribution in [0.15, 0.2) is 53.4 Å². The molecule has 1 N–H and O–H groups in total. The Morgan fingerprint density at radius 1 is 0.935 bits per heavy atom. The molecule has 0 aliphatic carbocycles. The summed E-state index contributed by atoms with van der Waals surface area (Å²) in [5, 5.41) is 0. The quantitative estimate of drug-likeness (QED) is 0.617. The van der Waals surface area contributed by atoms with Gasteiger partial charge in [0.05, 0.1) is 16.1 Å². The molecule has 0 aliphatic rings. The minimum Gasteiger partial charge on any atom is -0.449 e. The highest BCUT2D eigenvalue weighted by molar-refractivity contribution is 7.92. The first-order valence-electron chi connectivity index (χ1n) is 9.84. The summed E-state index contributed by atoms with van der Waals surface area (Å²) in [6.45, 7) is 8.94. The molecule has 31 heavy (non-hydrogen) atoms. The molecule has 0 heterocycles. The van der Waals surface area contributed by atoms with Gasteiger partial charge in [-0.1, -0.05) is 12.1 Å². The molecule has 0 unspecified atom stereocenters. The molecular formula is C22H27FN2O5S. The second kappa shape index (κ2) is 9.91. The van der Waals surface area contributed by atoms with Crippen LogP contribution in [-0.2, 0) is 19.6 Å². The topological polar surface area (TPSA) is 92.8 Å². The highest BCUT2D eigenvalue weighted by atomic mass is 32.2. The van der Waals surface area contributed by atoms with Crippen molar-refractivity contribution in [3.05, 3.63) is 59.9 Å². The molecule has 0 saturated heterocycles. The Bertz CT molecular complexity index is 1030. The van der Waals surface area contributed by atoms with E-state index in [9.17, 15) is 22.4 Å². The number of benzene rings is 2. The van der Waals surface area contributed by atoms with E-state index < -0.39 is 27.9 Å². The van der Waals surface area contributed by atoms with Crippen LogP contribution in [0.2, 0.25) is 0 Å². The van der Waals surface area contributed by atoms with Crippen molar-refractivity contribution in [3.8, 4) is 0 Å². The number of carbonyl (C=O) groups is 2. The number of ether oxygens (including phenoxy) is 1. The maximum absolute atomic E-state index is 13.1. The third-order valence-electron chi connectivity index (χ3n) is 4.51. The summed E-state index contributed by atoms with van der Waals surface area (Å²) in [6, 6.07) is 10.0. The molecule has 2 rings (SSSR count). The van der Waals surface area contributed by atoms with Crippen LogP contribution >= 0.6 is 0 Å². The molecule has 1 amide bonds. The number of carbonyl (C=O) groups excluding carboxylic acids is 2. The van der Waals surface area contributed by atoms with Crippen LogP contribution in [0.25, 0.3) is 0 Å². The van der Waals surface area contributed by atoms with E-state index in [-0.39, 0.29) is 34.1 Å². The molecule has 168 valence electrons. The average molecular weight is 451 g/mol. The van der Waals surface area contributed by atoms with Crippen LogP contribution in [0, 0.1) is 5.82 Å². The van der Waals surface area contributed by atoms with E-state index in [0.29, 0.717) is 0 Å². The molecular weight excluding hydrogens is 423 g/mol. The van der Waals surface area contributed by atoms with Crippen molar-refractivity contribution >= 4 is 27.6 Å². The first-order valence-corrected chi connectivity index (χ1v) is 11.3. The molecule has 0 aliphatic heterocycles. The Balaban J connectivity index is 2.24. The van der Waals surface area contributed by atoms with Crippen LogP contribution in [-0.4, -0.2) is 43.4 Å². The fourth-order valence-electron chi connectivity index (χ4n) is 3.16. The van der Waals surface area contributed by atoms with Crippen molar-refractivity contribution in [1.29, 1.82) is 0 Å². The summed E-state index contributed by atoms with van der Waals surface area (Å²) in [5.74, 6) is -1.76. The number of amides is 1. The first-order chi connectivity index (χ1) is 14.4. The van der Waals surface area contributed by atoms with Crippen LogP contribution in [0.3, 0.4) is 0 Å². The summed E-state index contributed by atoms with van der Waals surface area (Å²) in [4.78, 5) is 26.9. The highest BCUT2D eigenvalue weighted by Gasteiger charge is 2.29. The average Bonchev–Trinajstić information content (AvgIpc) is 2.67. The molecule has 2 aromatic carbocycles. The molecule has 7 nitrogen and oxygen atoms in total. The maximum atomic E-state index is 13.1. The number of hydrogen-bond donors (Lipinski definition) is 1. The zero-order chi connectivity index (χ0) is 23.3. The predicted molar refractivity (Wildman–Crippen MR) is 116 cm³/mol. The number of rotatable bonds is 8. The number of sulfonamides is 1. The van der Waals surface area contributed by atoms with Gasteiger partial charge in [-0.05, 0) is 71.0 Å². The molecule has 0 aromatic heterocycles. The van der Waals surface area contributed by atoms with E-state index in [1.807, 2.05) is 27.7 Å². The molecule has 0 saturated carbocycles. The van der Waals surface area contributed by atoms with Crippen LogP contribution in [0.4, 0.5) is 10.1 Å². The number of nitrogens with zero attached hydrogens (tertiary/aromatic N) is 1. The van der Waals surface area contributed by atoms with Gasteiger partial charge in [0.25, 0.3) is 15.9 Å². The highest BCUT2D eigenvalue weighted by Crippen LogP contribution is 2.22. The van der Waals surface area contributed by atoms with Gasteiger partial charge in [0.15, 0.2) is 6.10 Å². The Kier molecular flexibility index (Phi) is 7.78. The molecule has 0 radical (unpaired) electrons. The molecule has 2 aromatic rings. The van der Waals surface area contributed by atoms with Gasteiger partial charge in [0, 0.05) is 12.1 Å². The van der Waals surface area contributed by atoms with Gasteiger partial charge >= 0.3 is 5.97 Å². The zero-order valence-electron chi connectivity index (χ0n) is 18.1. The smallest absolute Gasteiger partial charge is 0.341 e. The third-order valence-corrected chi connectivity index (χ3v) is 5.90. The summed E-state index contributed by atoms with van der Waals surface area (Å²) in [5.41, 5.74) is -0.0606. The third kappa shape index (κ3) is 6.04. The van der Waals surface area contributed by atoms with Crippen molar-refractivity contribution in [2.24, 2.45) is 0 Å². The summed E-state index contributed by atoms with van der Waals surface area (Å²) in [7, 11) is -4.07. The molecule has 0 bridgehead atoms. The lowest BCUT2D eigenvalue weighted by molar-refractivity contribution is -0.143. The Morgan fingerprint density at radius 2 is 1.48 bits per heavy atom. The minimum atomic E-state index is -4.07.